The number of anilines is 1. The molecule has 0 amide bonds. The quantitative estimate of drug-likeness (QED) is 0.699. The number of nitrogens with zero attached hydrogens (tertiary/aromatic N) is 3. The van der Waals surface area contributed by atoms with Gasteiger partial charge in [-0.05, 0) is 29.8 Å². The summed E-state index contributed by atoms with van der Waals surface area (Å²) < 4.78 is 12.4. The van der Waals surface area contributed by atoms with Gasteiger partial charge in [-0.25, -0.2) is 0 Å². The Hall–Kier alpha value is -2.73. The number of rotatable bonds is 7. The van der Waals surface area contributed by atoms with Crippen molar-refractivity contribution in [1.82, 2.24) is 14.8 Å². The largest absolute Gasteiger partial charge is 0.493 e. The first-order chi connectivity index (χ1) is 12.2. The van der Waals surface area contributed by atoms with Gasteiger partial charge in [0.1, 0.15) is 5.82 Å². The second-order valence-electron chi connectivity index (χ2n) is 5.39. The summed E-state index contributed by atoms with van der Waals surface area (Å²) in [6.45, 7) is 1.20. The molecule has 3 rings (SSSR count). The first kappa shape index (κ1) is 17.1. The van der Waals surface area contributed by atoms with Crippen molar-refractivity contribution < 1.29 is 9.47 Å². The standard InChI is InChI=1S/C18H19ClN4O2/c1-24-16-10-13(9-15(19)18(16)25-2)11-21-17-6-8-23(22-17)12-14-5-3-4-7-20-14/h3-10H,11-12H2,1-2H3,(H,21,22). The zero-order valence-corrected chi connectivity index (χ0v) is 14.8. The van der Waals surface area contributed by atoms with Crippen molar-refractivity contribution in [2.24, 2.45) is 0 Å². The highest BCUT2D eigenvalue weighted by Crippen LogP contribution is 2.36. The van der Waals surface area contributed by atoms with E-state index in [0.717, 1.165) is 17.1 Å². The maximum Gasteiger partial charge on any atom is 0.179 e. The predicted octanol–water partition coefficient (Wildman–Crippen LogP) is 3.61. The third kappa shape index (κ3) is 4.22. The second-order valence-corrected chi connectivity index (χ2v) is 5.79. The Morgan fingerprint density at radius 3 is 2.76 bits per heavy atom. The summed E-state index contributed by atoms with van der Waals surface area (Å²) in [7, 11) is 3.15. The van der Waals surface area contributed by atoms with Gasteiger partial charge in [0.2, 0.25) is 0 Å². The molecule has 0 spiro atoms. The molecule has 0 aliphatic carbocycles. The summed E-state index contributed by atoms with van der Waals surface area (Å²) >= 11 is 6.23. The second kappa shape index (κ2) is 7.90. The van der Waals surface area contributed by atoms with Crippen LogP contribution in [0.1, 0.15) is 11.3 Å². The normalized spacial score (nSPS) is 10.5. The van der Waals surface area contributed by atoms with E-state index in [-0.39, 0.29) is 0 Å². The van der Waals surface area contributed by atoms with Crippen molar-refractivity contribution in [3.8, 4) is 11.5 Å². The van der Waals surface area contributed by atoms with Crippen LogP contribution in [0.2, 0.25) is 5.02 Å². The fourth-order valence-electron chi connectivity index (χ4n) is 2.47. The topological polar surface area (TPSA) is 61.2 Å². The summed E-state index contributed by atoms with van der Waals surface area (Å²) in [5.41, 5.74) is 1.94. The van der Waals surface area contributed by atoms with E-state index in [1.54, 1.807) is 20.4 Å². The Balaban J connectivity index is 1.65. The van der Waals surface area contributed by atoms with Crippen LogP contribution in [0.15, 0.2) is 48.8 Å². The summed E-state index contributed by atoms with van der Waals surface area (Å²) in [6, 6.07) is 11.5. The Morgan fingerprint density at radius 1 is 1.16 bits per heavy atom. The van der Waals surface area contributed by atoms with Gasteiger partial charge in [0.15, 0.2) is 11.5 Å². The molecular weight excluding hydrogens is 340 g/mol. The average molecular weight is 359 g/mol. The van der Waals surface area contributed by atoms with E-state index in [1.165, 1.54) is 0 Å². The number of methoxy groups -OCH3 is 2. The van der Waals surface area contributed by atoms with Gasteiger partial charge < -0.3 is 14.8 Å². The summed E-state index contributed by atoms with van der Waals surface area (Å²) in [4.78, 5) is 4.30. The number of ether oxygens (including phenoxy) is 2. The van der Waals surface area contributed by atoms with Crippen LogP contribution in [0.25, 0.3) is 0 Å². The maximum atomic E-state index is 6.23. The Morgan fingerprint density at radius 2 is 2.04 bits per heavy atom. The van der Waals surface area contributed by atoms with Crippen LogP contribution in [0.5, 0.6) is 11.5 Å². The molecule has 2 heterocycles. The molecule has 0 atom stereocenters. The SMILES string of the molecule is COc1cc(CNc2ccn(Cc3ccccn3)n2)cc(Cl)c1OC. The van der Waals surface area contributed by atoms with Gasteiger partial charge in [-0.2, -0.15) is 5.10 Å². The van der Waals surface area contributed by atoms with Gasteiger partial charge in [-0.15, -0.1) is 0 Å². The Bertz CT molecular complexity index is 836. The number of hydrogen-bond acceptors (Lipinski definition) is 5. The number of hydrogen-bond donors (Lipinski definition) is 1. The van der Waals surface area contributed by atoms with E-state index in [0.29, 0.717) is 29.6 Å². The molecule has 25 heavy (non-hydrogen) atoms. The maximum absolute atomic E-state index is 6.23. The smallest absolute Gasteiger partial charge is 0.179 e. The zero-order chi connectivity index (χ0) is 17.6. The van der Waals surface area contributed by atoms with E-state index >= 15 is 0 Å². The molecule has 0 saturated heterocycles. The zero-order valence-electron chi connectivity index (χ0n) is 14.1. The molecule has 2 aromatic heterocycles. The van der Waals surface area contributed by atoms with Crippen molar-refractivity contribution in [1.29, 1.82) is 0 Å². The van der Waals surface area contributed by atoms with E-state index in [1.807, 2.05) is 47.3 Å². The van der Waals surface area contributed by atoms with E-state index in [9.17, 15) is 0 Å². The summed E-state index contributed by atoms with van der Waals surface area (Å²) in [5, 5.41) is 8.29. The van der Waals surface area contributed by atoms with Gasteiger partial charge in [0.25, 0.3) is 0 Å². The number of halogens is 1. The van der Waals surface area contributed by atoms with Crippen LogP contribution in [0.4, 0.5) is 5.82 Å². The average Bonchev–Trinajstić information content (AvgIpc) is 3.07. The monoisotopic (exact) mass is 358 g/mol. The summed E-state index contributed by atoms with van der Waals surface area (Å²) in [5.74, 6) is 1.92. The number of aromatic nitrogens is 3. The molecular formula is C18H19ClN4O2. The van der Waals surface area contributed by atoms with Crippen molar-refractivity contribution in [3.63, 3.8) is 0 Å². The fraction of sp³-hybridized carbons (Fsp3) is 0.222. The van der Waals surface area contributed by atoms with Crippen LogP contribution < -0.4 is 14.8 Å². The lowest BCUT2D eigenvalue weighted by molar-refractivity contribution is 0.355. The lowest BCUT2D eigenvalue weighted by atomic mass is 10.2. The molecule has 0 unspecified atom stereocenters. The lowest BCUT2D eigenvalue weighted by Crippen LogP contribution is -2.05. The third-order valence-electron chi connectivity index (χ3n) is 3.66. The van der Waals surface area contributed by atoms with Crippen LogP contribution in [0.3, 0.4) is 0 Å². The van der Waals surface area contributed by atoms with Crippen molar-refractivity contribution in [3.05, 3.63) is 65.1 Å². The van der Waals surface area contributed by atoms with Crippen LogP contribution in [-0.4, -0.2) is 29.0 Å². The van der Waals surface area contributed by atoms with E-state index in [2.05, 4.69) is 15.4 Å². The highest BCUT2D eigenvalue weighted by molar-refractivity contribution is 6.32. The van der Waals surface area contributed by atoms with Crippen molar-refractivity contribution in [2.45, 2.75) is 13.1 Å². The first-order valence-corrected chi connectivity index (χ1v) is 8.15. The molecule has 0 fully saturated rings. The van der Waals surface area contributed by atoms with Crippen LogP contribution >= 0.6 is 11.6 Å². The molecule has 6 nitrogen and oxygen atoms in total. The molecule has 0 bridgehead atoms. The van der Waals surface area contributed by atoms with Gasteiger partial charge >= 0.3 is 0 Å². The Kier molecular flexibility index (Phi) is 5.40. The fourth-order valence-corrected chi connectivity index (χ4v) is 2.78. The first-order valence-electron chi connectivity index (χ1n) is 7.77. The van der Waals surface area contributed by atoms with E-state index in [4.69, 9.17) is 21.1 Å². The van der Waals surface area contributed by atoms with E-state index < -0.39 is 0 Å². The number of pyridine rings is 1. The highest BCUT2D eigenvalue weighted by atomic mass is 35.5. The molecule has 1 aromatic carbocycles. The van der Waals surface area contributed by atoms with Crippen LogP contribution in [0, 0.1) is 0 Å². The van der Waals surface area contributed by atoms with Crippen molar-refractivity contribution >= 4 is 17.4 Å². The predicted molar refractivity (Wildman–Crippen MR) is 97.4 cm³/mol. The minimum atomic E-state index is 0.513. The molecule has 7 heteroatoms. The van der Waals surface area contributed by atoms with Gasteiger partial charge in [-0.1, -0.05) is 17.7 Å². The number of benzene rings is 1. The van der Waals surface area contributed by atoms with Gasteiger partial charge in [0, 0.05) is 25.0 Å². The lowest BCUT2D eigenvalue weighted by Gasteiger charge is -2.12. The van der Waals surface area contributed by atoms with Crippen molar-refractivity contribution in [2.75, 3.05) is 19.5 Å². The minimum absolute atomic E-state index is 0.513. The van der Waals surface area contributed by atoms with Gasteiger partial charge in [0.05, 0.1) is 31.5 Å². The molecule has 0 saturated carbocycles. The Labute approximate surface area is 151 Å². The molecule has 3 aromatic rings. The summed E-state index contributed by atoms with van der Waals surface area (Å²) in [6.07, 6.45) is 3.69. The highest BCUT2D eigenvalue weighted by Gasteiger charge is 2.11. The van der Waals surface area contributed by atoms with Gasteiger partial charge in [-0.3, -0.25) is 9.67 Å². The molecule has 0 aliphatic heterocycles. The molecule has 1 N–H and O–H groups in total. The third-order valence-corrected chi connectivity index (χ3v) is 3.94. The molecule has 0 aliphatic rings. The molecule has 130 valence electrons. The molecule has 0 radical (unpaired) electrons. The number of nitrogens with one attached hydrogen (secondary N) is 1. The van der Waals surface area contributed by atoms with Crippen LogP contribution in [-0.2, 0) is 13.1 Å². The minimum Gasteiger partial charge on any atom is -0.493 e.